The van der Waals surface area contributed by atoms with Crippen molar-refractivity contribution in [2.24, 2.45) is 0 Å². The van der Waals surface area contributed by atoms with Crippen LogP contribution in [-0.4, -0.2) is 36.7 Å². The average molecular weight is 181 g/mol. The van der Waals surface area contributed by atoms with Gasteiger partial charge in [-0.3, -0.25) is 4.90 Å². The Hall–Kier alpha value is -0.340. The molecule has 2 heteroatoms. The van der Waals surface area contributed by atoms with Gasteiger partial charge in [-0.05, 0) is 32.7 Å². The summed E-state index contributed by atoms with van der Waals surface area (Å²) in [5.41, 5.74) is 1.27. The molecule has 2 nitrogen and oxygen atoms in total. The van der Waals surface area contributed by atoms with Gasteiger partial charge in [-0.15, -0.1) is 0 Å². The summed E-state index contributed by atoms with van der Waals surface area (Å²) in [6, 6.07) is 0.686. The van der Waals surface area contributed by atoms with E-state index >= 15 is 0 Å². The van der Waals surface area contributed by atoms with Crippen molar-refractivity contribution in [3.63, 3.8) is 0 Å². The third kappa shape index (κ3) is 1.94. The minimum atomic E-state index is 0.521. The summed E-state index contributed by atoms with van der Waals surface area (Å²) in [6.45, 7) is 9.35. The van der Waals surface area contributed by atoms with Crippen LogP contribution in [0.1, 0.15) is 26.2 Å². The molecule has 2 aliphatic heterocycles. The van der Waals surface area contributed by atoms with Crippen LogP contribution in [0.15, 0.2) is 12.2 Å². The van der Waals surface area contributed by atoms with E-state index in [-0.39, 0.29) is 0 Å². The van der Waals surface area contributed by atoms with Crippen LogP contribution >= 0.6 is 0 Å². The van der Waals surface area contributed by atoms with Gasteiger partial charge in [0.15, 0.2) is 0 Å². The van der Waals surface area contributed by atoms with Crippen LogP contribution in [0.3, 0.4) is 0 Å². The fourth-order valence-corrected chi connectivity index (χ4v) is 2.53. The summed E-state index contributed by atoms with van der Waals surface area (Å²) < 4.78 is 5.70. The lowest BCUT2D eigenvalue weighted by molar-refractivity contribution is 0.0305. The van der Waals surface area contributed by atoms with E-state index in [0.717, 1.165) is 13.2 Å². The Labute approximate surface area is 80.6 Å². The van der Waals surface area contributed by atoms with Crippen molar-refractivity contribution in [3.05, 3.63) is 12.2 Å². The van der Waals surface area contributed by atoms with Crippen LogP contribution in [0.2, 0.25) is 0 Å². The fraction of sp³-hybridized carbons (Fsp3) is 0.818. The van der Waals surface area contributed by atoms with Gasteiger partial charge in [0, 0.05) is 19.2 Å². The van der Waals surface area contributed by atoms with Crippen LogP contribution < -0.4 is 0 Å². The van der Waals surface area contributed by atoms with Crippen molar-refractivity contribution in [3.8, 4) is 0 Å². The first-order valence-electron chi connectivity index (χ1n) is 5.27. The molecule has 2 rings (SSSR count). The third-order valence-corrected chi connectivity index (χ3v) is 3.05. The Morgan fingerprint density at radius 3 is 3.15 bits per heavy atom. The lowest BCUT2D eigenvalue weighted by atomic mass is 9.98. The van der Waals surface area contributed by atoms with Crippen LogP contribution in [-0.2, 0) is 4.74 Å². The zero-order chi connectivity index (χ0) is 9.26. The first-order valence-corrected chi connectivity index (χ1v) is 5.27. The van der Waals surface area contributed by atoms with Gasteiger partial charge >= 0.3 is 0 Å². The Bertz CT molecular complexity index is 202. The maximum Gasteiger partial charge on any atom is 0.0731 e. The van der Waals surface area contributed by atoms with Crippen LogP contribution in [0.25, 0.3) is 0 Å². The van der Waals surface area contributed by atoms with E-state index in [2.05, 4.69) is 18.4 Å². The normalized spacial score (nSPS) is 34.5. The van der Waals surface area contributed by atoms with Crippen LogP contribution in [0, 0.1) is 0 Å². The summed E-state index contributed by atoms with van der Waals surface area (Å²) in [5.74, 6) is 0. The predicted molar refractivity (Wildman–Crippen MR) is 53.8 cm³/mol. The third-order valence-electron chi connectivity index (χ3n) is 3.05. The van der Waals surface area contributed by atoms with Crippen molar-refractivity contribution in [2.45, 2.75) is 38.3 Å². The summed E-state index contributed by atoms with van der Waals surface area (Å²) in [6.07, 6.45) is 4.29. The lowest BCUT2D eigenvalue weighted by Gasteiger charge is -2.36. The minimum Gasteiger partial charge on any atom is -0.377 e. The van der Waals surface area contributed by atoms with E-state index in [1.54, 1.807) is 0 Å². The van der Waals surface area contributed by atoms with Gasteiger partial charge in [0.25, 0.3) is 0 Å². The number of nitrogens with zero attached hydrogens (tertiary/aromatic N) is 1. The number of rotatable bonds is 2. The molecule has 13 heavy (non-hydrogen) atoms. The van der Waals surface area contributed by atoms with Gasteiger partial charge in [-0.1, -0.05) is 12.2 Å². The maximum atomic E-state index is 5.70. The molecule has 0 spiro atoms. The number of hydrogen-bond donors (Lipinski definition) is 0. The van der Waals surface area contributed by atoms with Crippen LogP contribution in [0.4, 0.5) is 0 Å². The Balaban J connectivity index is 1.97. The largest absolute Gasteiger partial charge is 0.377 e. The standard InChI is InChI=1S/C11H19NO/c1-9(2)8-12-6-3-4-11-10(12)5-7-13-11/h10-11H,1,3-8H2,2H3/t10-,11-/m1/s1. The zero-order valence-corrected chi connectivity index (χ0v) is 8.46. The highest BCUT2D eigenvalue weighted by Gasteiger charge is 2.35. The van der Waals surface area contributed by atoms with E-state index in [1.165, 1.54) is 31.4 Å². The Morgan fingerprint density at radius 1 is 1.54 bits per heavy atom. The van der Waals surface area contributed by atoms with Crippen molar-refractivity contribution >= 4 is 0 Å². The second-order valence-corrected chi connectivity index (χ2v) is 4.34. The van der Waals surface area contributed by atoms with Gasteiger partial charge in [0.1, 0.15) is 0 Å². The first-order chi connectivity index (χ1) is 6.27. The van der Waals surface area contributed by atoms with Gasteiger partial charge < -0.3 is 4.74 Å². The fourth-order valence-electron chi connectivity index (χ4n) is 2.53. The number of piperidine rings is 1. The molecule has 2 saturated heterocycles. The monoisotopic (exact) mass is 181 g/mol. The number of fused-ring (bicyclic) bond motifs is 1. The van der Waals surface area contributed by atoms with Gasteiger partial charge in [0.2, 0.25) is 0 Å². The van der Waals surface area contributed by atoms with Gasteiger partial charge in [0.05, 0.1) is 6.10 Å². The molecule has 2 atom stereocenters. The molecule has 0 unspecified atom stereocenters. The van der Waals surface area contributed by atoms with Crippen molar-refractivity contribution in [2.75, 3.05) is 19.7 Å². The molecule has 0 aliphatic carbocycles. The molecule has 2 fully saturated rings. The molecule has 0 amide bonds. The smallest absolute Gasteiger partial charge is 0.0731 e. The zero-order valence-electron chi connectivity index (χ0n) is 8.46. The number of likely N-dealkylation sites (tertiary alicyclic amines) is 1. The molecule has 2 aliphatic rings. The van der Waals surface area contributed by atoms with Crippen LogP contribution in [0.5, 0.6) is 0 Å². The predicted octanol–water partition coefficient (Wildman–Crippen LogP) is 1.82. The number of hydrogen-bond acceptors (Lipinski definition) is 2. The van der Waals surface area contributed by atoms with Crippen molar-refractivity contribution in [1.29, 1.82) is 0 Å². The summed E-state index contributed by atoms with van der Waals surface area (Å²) >= 11 is 0. The molecule has 0 aromatic rings. The number of ether oxygens (including phenoxy) is 1. The van der Waals surface area contributed by atoms with E-state index in [0.29, 0.717) is 12.1 Å². The second kappa shape index (κ2) is 3.81. The van der Waals surface area contributed by atoms with Crippen molar-refractivity contribution < 1.29 is 4.74 Å². The molecular weight excluding hydrogens is 162 g/mol. The van der Waals surface area contributed by atoms with E-state index in [4.69, 9.17) is 4.74 Å². The molecule has 0 saturated carbocycles. The SMILES string of the molecule is C=C(C)CN1CCC[C@H]2OCC[C@H]21. The van der Waals surface area contributed by atoms with E-state index in [9.17, 15) is 0 Å². The molecule has 0 bridgehead atoms. The average Bonchev–Trinajstić information content (AvgIpc) is 2.51. The quantitative estimate of drug-likeness (QED) is 0.602. The Morgan fingerprint density at radius 2 is 2.38 bits per heavy atom. The maximum absolute atomic E-state index is 5.70. The van der Waals surface area contributed by atoms with Gasteiger partial charge in [-0.25, -0.2) is 0 Å². The van der Waals surface area contributed by atoms with E-state index < -0.39 is 0 Å². The Kier molecular flexibility index (Phi) is 2.70. The highest BCUT2D eigenvalue weighted by atomic mass is 16.5. The highest BCUT2D eigenvalue weighted by molar-refractivity contribution is 4.97. The topological polar surface area (TPSA) is 12.5 Å². The first kappa shape index (κ1) is 9.22. The lowest BCUT2D eigenvalue weighted by Crippen LogP contribution is -2.46. The van der Waals surface area contributed by atoms with Crippen molar-refractivity contribution in [1.82, 2.24) is 4.90 Å². The summed E-state index contributed by atoms with van der Waals surface area (Å²) in [7, 11) is 0. The highest BCUT2D eigenvalue weighted by Crippen LogP contribution is 2.28. The molecular formula is C11H19NO. The minimum absolute atomic E-state index is 0.521. The van der Waals surface area contributed by atoms with Gasteiger partial charge in [-0.2, -0.15) is 0 Å². The van der Waals surface area contributed by atoms with E-state index in [1.807, 2.05) is 0 Å². The molecule has 0 aromatic heterocycles. The second-order valence-electron chi connectivity index (χ2n) is 4.34. The summed E-state index contributed by atoms with van der Waals surface area (Å²) in [4.78, 5) is 2.55. The summed E-state index contributed by atoms with van der Waals surface area (Å²) in [5, 5.41) is 0. The molecule has 0 aromatic carbocycles. The molecule has 74 valence electrons. The molecule has 0 N–H and O–H groups in total. The molecule has 2 heterocycles. The molecule has 0 radical (unpaired) electrons.